The Bertz CT molecular complexity index is 1280. The third-order valence-electron chi connectivity index (χ3n) is 4.67. The molecule has 0 spiro atoms. The Morgan fingerprint density at radius 3 is 2.40 bits per heavy atom. The van der Waals surface area contributed by atoms with E-state index in [0.29, 0.717) is 16.1 Å². The van der Waals surface area contributed by atoms with Crippen molar-refractivity contribution >= 4 is 47.2 Å². The number of carbonyl (C=O) groups is 3. The molecule has 0 atom stereocenters. The van der Waals surface area contributed by atoms with Gasteiger partial charge in [-0.2, -0.15) is 5.10 Å². The summed E-state index contributed by atoms with van der Waals surface area (Å²) in [6.07, 6.45) is 1.38. The van der Waals surface area contributed by atoms with Crippen LogP contribution in [0.2, 0.25) is 10.0 Å². The molecule has 3 aromatic rings. The van der Waals surface area contributed by atoms with Crippen LogP contribution in [0.3, 0.4) is 0 Å². The van der Waals surface area contributed by atoms with Gasteiger partial charge in [-0.15, -0.1) is 0 Å². The number of nitrogens with one attached hydrogen (secondary N) is 2. The number of nitrogens with zero attached hydrogens (tertiary/aromatic N) is 1. The quantitative estimate of drug-likeness (QED) is 0.201. The number of rotatable bonds is 8. The van der Waals surface area contributed by atoms with E-state index >= 15 is 0 Å². The monoisotopic (exact) mass is 513 g/mol. The minimum absolute atomic E-state index is 0.154. The predicted molar refractivity (Wildman–Crippen MR) is 134 cm³/mol. The van der Waals surface area contributed by atoms with Gasteiger partial charge in [0.05, 0.1) is 30.5 Å². The van der Waals surface area contributed by atoms with Crippen LogP contribution in [-0.4, -0.2) is 37.7 Å². The van der Waals surface area contributed by atoms with E-state index in [4.69, 9.17) is 32.7 Å². The molecule has 3 aromatic carbocycles. The molecule has 2 N–H and O–H groups in total. The van der Waals surface area contributed by atoms with Crippen molar-refractivity contribution in [1.29, 1.82) is 0 Å². The van der Waals surface area contributed by atoms with Gasteiger partial charge in [0.1, 0.15) is 0 Å². The number of carbonyl (C=O) groups excluding carboxylic acids is 3. The molecule has 0 heterocycles. The van der Waals surface area contributed by atoms with Gasteiger partial charge in [-0.05, 0) is 61.0 Å². The molecule has 0 fully saturated rings. The Morgan fingerprint density at radius 1 is 0.971 bits per heavy atom. The zero-order valence-corrected chi connectivity index (χ0v) is 20.3. The summed E-state index contributed by atoms with van der Waals surface area (Å²) in [5.74, 6) is -1.10. The molecule has 0 bridgehead atoms. The van der Waals surface area contributed by atoms with Crippen molar-refractivity contribution in [1.82, 2.24) is 10.7 Å². The molecule has 0 saturated heterocycles. The number of benzene rings is 3. The lowest BCUT2D eigenvalue weighted by atomic mass is 10.1. The van der Waals surface area contributed by atoms with E-state index in [9.17, 15) is 14.4 Å². The highest BCUT2D eigenvalue weighted by molar-refractivity contribution is 6.36. The molecule has 0 aliphatic heterocycles. The van der Waals surface area contributed by atoms with Crippen molar-refractivity contribution in [2.75, 3.05) is 13.7 Å². The fourth-order valence-corrected chi connectivity index (χ4v) is 3.33. The molecule has 35 heavy (non-hydrogen) atoms. The van der Waals surface area contributed by atoms with Crippen molar-refractivity contribution in [3.8, 4) is 11.5 Å². The van der Waals surface area contributed by atoms with Crippen molar-refractivity contribution in [3.05, 3.63) is 93.0 Å². The first-order valence-electron chi connectivity index (χ1n) is 10.3. The van der Waals surface area contributed by atoms with E-state index in [2.05, 4.69) is 15.8 Å². The SMILES string of the molecule is COc1cc(/C=N\NC(=O)CNC(=O)c2ccc(C)cc2)ccc1OC(=O)c1ccc(Cl)cc1Cl. The van der Waals surface area contributed by atoms with E-state index in [0.717, 1.165) is 5.56 Å². The lowest BCUT2D eigenvalue weighted by Gasteiger charge is -2.10. The van der Waals surface area contributed by atoms with Crippen molar-refractivity contribution in [3.63, 3.8) is 0 Å². The molecular formula is C25H21Cl2N3O5. The van der Waals surface area contributed by atoms with Gasteiger partial charge in [0.25, 0.3) is 11.8 Å². The molecule has 0 radical (unpaired) electrons. The van der Waals surface area contributed by atoms with Gasteiger partial charge in [0.2, 0.25) is 0 Å². The summed E-state index contributed by atoms with van der Waals surface area (Å²) in [5.41, 5.74) is 4.53. The van der Waals surface area contributed by atoms with Crippen LogP contribution >= 0.6 is 23.2 Å². The standard InChI is InChI=1S/C25H21Cl2N3O5/c1-15-3-6-17(7-4-15)24(32)28-14-23(31)30-29-13-16-5-10-21(22(11-16)34-2)35-25(33)19-9-8-18(26)12-20(19)27/h3-13H,14H2,1-2H3,(H,28,32)(H,30,31)/b29-13-. The summed E-state index contributed by atoms with van der Waals surface area (Å²) in [4.78, 5) is 36.5. The van der Waals surface area contributed by atoms with Gasteiger partial charge in [-0.1, -0.05) is 40.9 Å². The molecule has 2 amide bonds. The minimum atomic E-state index is -0.675. The summed E-state index contributed by atoms with van der Waals surface area (Å²) in [7, 11) is 1.42. The maximum absolute atomic E-state index is 12.5. The van der Waals surface area contributed by atoms with Crippen molar-refractivity contribution in [2.45, 2.75) is 6.92 Å². The lowest BCUT2D eigenvalue weighted by Crippen LogP contribution is -2.34. The van der Waals surface area contributed by atoms with E-state index in [1.807, 2.05) is 19.1 Å². The van der Waals surface area contributed by atoms with Gasteiger partial charge < -0.3 is 14.8 Å². The van der Waals surface area contributed by atoms with E-state index in [1.54, 1.807) is 24.3 Å². The van der Waals surface area contributed by atoms with E-state index in [-0.39, 0.29) is 34.5 Å². The maximum atomic E-state index is 12.5. The van der Waals surface area contributed by atoms with Crippen LogP contribution in [0.4, 0.5) is 0 Å². The molecule has 0 aliphatic rings. The Hall–Kier alpha value is -3.88. The number of hydrazone groups is 1. The molecule has 3 rings (SSSR count). The minimum Gasteiger partial charge on any atom is -0.493 e. The van der Waals surface area contributed by atoms with E-state index in [1.165, 1.54) is 37.6 Å². The molecule has 8 nitrogen and oxygen atoms in total. The van der Waals surface area contributed by atoms with Crippen LogP contribution in [-0.2, 0) is 4.79 Å². The van der Waals surface area contributed by atoms with Crippen molar-refractivity contribution in [2.24, 2.45) is 5.10 Å². The van der Waals surface area contributed by atoms with Gasteiger partial charge in [0.15, 0.2) is 11.5 Å². The third kappa shape index (κ3) is 7.30. The summed E-state index contributed by atoms with van der Waals surface area (Å²) in [6, 6.07) is 16.1. The first kappa shape index (κ1) is 25.7. The van der Waals surface area contributed by atoms with Crippen LogP contribution in [0.5, 0.6) is 11.5 Å². The molecule has 0 saturated carbocycles. The second-order valence-electron chi connectivity index (χ2n) is 7.27. The van der Waals surface area contributed by atoms with Gasteiger partial charge in [-0.25, -0.2) is 10.2 Å². The number of aryl methyl sites for hydroxylation is 1. The molecule has 0 unspecified atom stereocenters. The Kier molecular flexibility index (Phi) is 8.83. The maximum Gasteiger partial charge on any atom is 0.345 e. The number of methoxy groups -OCH3 is 1. The zero-order chi connectivity index (χ0) is 25.4. The molecular weight excluding hydrogens is 493 g/mol. The third-order valence-corrected chi connectivity index (χ3v) is 5.22. The first-order chi connectivity index (χ1) is 16.8. The number of halogens is 2. The van der Waals surface area contributed by atoms with Crippen molar-refractivity contribution < 1.29 is 23.9 Å². The topological polar surface area (TPSA) is 106 Å². The summed E-state index contributed by atoms with van der Waals surface area (Å²) >= 11 is 11.9. The highest BCUT2D eigenvalue weighted by Gasteiger charge is 2.16. The van der Waals surface area contributed by atoms with Crippen LogP contribution in [0.25, 0.3) is 0 Å². The van der Waals surface area contributed by atoms with Crippen LogP contribution in [0.15, 0.2) is 65.8 Å². The number of hydrogen-bond donors (Lipinski definition) is 2. The van der Waals surface area contributed by atoms with Crippen LogP contribution in [0, 0.1) is 6.92 Å². The highest BCUT2D eigenvalue weighted by Crippen LogP contribution is 2.29. The molecule has 0 aliphatic carbocycles. The number of hydrogen-bond acceptors (Lipinski definition) is 6. The number of esters is 1. The Labute approximate surface area is 211 Å². The van der Waals surface area contributed by atoms with Crippen LogP contribution in [0.1, 0.15) is 31.8 Å². The zero-order valence-electron chi connectivity index (χ0n) is 18.8. The summed E-state index contributed by atoms with van der Waals surface area (Å²) in [5, 5.41) is 6.95. The van der Waals surface area contributed by atoms with E-state index < -0.39 is 11.9 Å². The number of ether oxygens (including phenoxy) is 2. The highest BCUT2D eigenvalue weighted by atomic mass is 35.5. The molecule has 180 valence electrons. The Morgan fingerprint density at radius 2 is 1.71 bits per heavy atom. The molecule has 10 heteroatoms. The predicted octanol–water partition coefficient (Wildman–Crippen LogP) is 4.41. The van der Waals surface area contributed by atoms with Gasteiger partial charge in [-0.3, -0.25) is 9.59 Å². The van der Waals surface area contributed by atoms with Gasteiger partial charge >= 0.3 is 5.97 Å². The first-order valence-corrected chi connectivity index (χ1v) is 11.0. The van der Waals surface area contributed by atoms with Gasteiger partial charge in [0, 0.05) is 10.6 Å². The number of amides is 2. The second kappa shape index (κ2) is 12.0. The largest absolute Gasteiger partial charge is 0.493 e. The summed E-state index contributed by atoms with van der Waals surface area (Å²) < 4.78 is 10.7. The fraction of sp³-hybridized carbons (Fsp3) is 0.120. The molecule has 0 aromatic heterocycles. The average molecular weight is 514 g/mol. The smallest absolute Gasteiger partial charge is 0.345 e. The Balaban J connectivity index is 1.55. The lowest BCUT2D eigenvalue weighted by molar-refractivity contribution is -0.120. The second-order valence-corrected chi connectivity index (χ2v) is 8.11. The average Bonchev–Trinajstić information content (AvgIpc) is 2.83. The van der Waals surface area contributed by atoms with Crippen LogP contribution < -0.4 is 20.2 Å². The fourth-order valence-electron chi connectivity index (χ4n) is 2.84. The summed E-state index contributed by atoms with van der Waals surface area (Å²) in [6.45, 7) is 1.68. The normalized spacial score (nSPS) is 10.6.